The molecule has 1 N–H and O–H groups in total. The molecule has 2 rings (SSSR count). The second kappa shape index (κ2) is 9.66. The Morgan fingerprint density at radius 3 is 2.36 bits per heavy atom. The minimum Gasteiger partial charge on any atom is -0.488 e. The van der Waals surface area contributed by atoms with Crippen molar-refractivity contribution >= 4 is 30.0 Å². The molecule has 0 bridgehead atoms. The first-order valence-electron chi connectivity index (χ1n) is 7.73. The highest BCUT2D eigenvalue weighted by atomic mass is 35.5. The predicted molar refractivity (Wildman–Crippen MR) is 103 cm³/mol. The first-order chi connectivity index (χ1) is 11.4. The highest BCUT2D eigenvalue weighted by Crippen LogP contribution is 2.27. The number of likely N-dealkylation sites (N-methyl/N-ethyl adjacent to an activating group) is 1. The lowest BCUT2D eigenvalue weighted by Crippen LogP contribution is -2.25. The quantitative estimate of drug-likeness (QED) is 0.765. The summed E-state index contributed by atoms with van der Waals surface area (Å²) in [4.78, 5) is 12.5. The van der Waals surface area contributed by atoms with Crippen LogP contribution in [0.5, 0.6) is 5.75 Å². The largest absolute Gasteiger partial charge is 0.488 e. The van der Waals surface area contributed by atoms with Crippen LogP contribution < -0.4 is 4.74 Å². The Morgan fingerprint density at radius 2 is 1.80 bits per heavy atom. The fourth-order valence-corrected chi connectivity index (χ4v) is 2.91. The summed E-state index contributed by atoms with van der Waals surface area (Å²) in [7, 11) is 1.79. The molecule has 0 heterocycles. The molecule has 4 nitrogen and oxygen atoms in total. The van der Waals surface area contributed by atoms with Crippen LogP contribution in [-0.2, 0) is 17.9 Å². The number of carboxylic acids is 1. The molecule has 0 spiro atoms. The summed E-state index contributed by atoms with van der Waals surface area (Å²) in [6, 6.07) is 11.7. The maximum atomic E-state index is 10.8. The van der Waals surface area contributed by atoms with Crippen LogP contribution >= 0.6 is 24.0 Å². The van der Waals surface area contributed by atoms with Crippen molar-refractivity contribution in [2.75, 3.05) is 13.6 Å². The number of carboxylic acid groups (broad SMARTS) is 1. The Labute approximate surface area is 159 Å². The average molecular weight is 384 g/mol. The van der Waals surface area contributed by atoms with E-state index in [2.05, 4.69) is 0 Å². The van der Waals surface area contributed by atoms with Crippen LogP contribution in [0.2, 0.25) is 5.02 Å². The van der Waals surface area contributed by atoms with Crippen LogP contribution in [0.3, 0.4) is 0 Å². The molecule has 0 saturated heterocycles. The van der Waals surface area contributed by atoms with Crippen LogP contribution in [0.25, 0.3) is 0 Å². The van der Waals surface area contributed by atoms with Gasteiger partial charge in [-0.05, 0) is 43.7 Å². The number of benzene rings is 2. The lowest BCUT2D eigenvalue weighted by Gasteiger charge is -2.18. The van der Waals surface area contributed by atoms with Gasteiger partial charge in [-0.3, -0.25) is 9.69 Å². The van der Waals surface area contributed by atoms with E-state index < -0.39 is 5.97 Å². The van der Waals surface area contributed by atoms with Crippen molar-refractivity contribution < 1.29 is 14.6 Å². The Morgan fingerprint density at radius 1 is 1.20 bits per heavy atom. The molecule has 25 heavy (non-hydrogen) atoms. The van der Waals surface area contributed by atoms with Crippen molar-refractivity contribution in [1.29, 1.82) is 0 Å². The highest BCUT2D eigenvalue weighted by molar-refractivity contribution is 6.31. The SMILES string of the molecule is Cc1cc(CN(C)CC(=O)O)cc(C)c1OCc1ccccc1Cl.Cl. The monoisotopic (exact) mass is 383 g/mol. The Kier molecular flexibility index (Phi) is 8.23. The smallest absolute Gasteiger partial charge is 0.317 e. The number of aryl methyl sites for hydroxylation is 2. The fourth-order valence-electron chi connectivity index (χ4n) is 2.72. The van der Waals surface area contributed by atoms with E-state index in [0.29, 0.717) is 18.2 Å². The molecule has 0 atom stereocenters. The van der Waals surface area contributed by atoms with E-state index >= 15 is 0 Å². The van der Waals surface area contributed by atoms with Crippen molar-refractivity contribution in [2.24, 2.45) is 0 Å². The number of carbonyl (C=O) groups is 1. The van der Waals surface area contributed by atoms with Gasteiger partial charge >= 0.3 is 5.97 Å². The summed E-state index contributed by atoms with van der Waals surface area (Å²) in [5.74, 6) is 0.0187. The minimum absolute atomic E-state index is 0. The van der Waals surface area contributed by atoms with Crippen LogP contribution in [0.4, 0.5) is 0 Å². The number of aliphatic carboxylic acids is 1. The number of ether oxygens (including phenoxy) is 1. The predicted octanol–water partition coefficient (Wildman–Crippen LogP) is 4.47. The standard InChI is InChI=1S/C19H22ClNO3.ClH/c1-13-8-15(10-21(3)11-18(22)23)9-14(2)19(13)24-12-16-6-4-5-7-17(16)20;/h4-9H,10-12H2,1-3H3,(H,22,23);1H. The van der Waals surface area contributed by atoms with Crippen molar-refractivity contribution in [3.05, 3.63) is 63.7 Å². The highest BCUT2D eigenvalue weighted by Gasteiger charge is 2.11. The van der Waals surface area contributed by atoms with E-state index in [9.17, 15) is 4.79 Å². The molecule has 6 heteroatoms. The molecule has 0 fully saturated rings. The van der Waals surface area contributed by atoms with Gasteiger partial charge in [-0.1, -0.05) is 41.9 Å². The molecule has 2 aromatic rings. The van der Waals surface area contributed by atoms with Crippen molar-refractivity contribution in [1.82, 2.24) is 4.90 Å². The molecule has 0 aliphatic heterocycles. The van der Waals surface area contributed by atoms with E-state index in [4.69, 9.17) is 21.4 Å². The molecular weight excluding hydrogens is 361 g/mol. The number of halogens is 2. The molecule has 0 aromatic heterocycles. The molecule has 0 aliphatic rings. The number of hydrogen-bond acceptors (Lipinski definition) is 3. The first-order valence-corrected chi connectivity index (χ1v) is 8.11. The fraction of sp³-hybridized carbons (Fsp3) is 0.316. The molecule has 0 amide bonds. The molecule has 0 unspecified atom stereocenters. The Bertz CT molecular complexity index is 711. The van der Waals surface area contributed by atoms with Crippen LogP contribution in [0, 0.1) is 13.8 Å². The van der Waals surface area contributed by atoms with Crippen LogP contribution in [0.1, 0.15) is 22.3 Å². The van der Waals surface area contributed by atoms with Gasteiger partial charge in [-0.25, -0.2) is 0 Å². The maximum Gasteiger partial charge on any atom is 0.317 e. The third kappa shape index (κ3) is 6.24. The van der Waals surface area contributed by atoms with E-state index in [1.54, 1.807) is 11.9 Å². The third-order valence-electron chi connectivity index (χ3n) is 3.71. The van der Waals surface area contributed by atoms with Gasteiger partial charge in [-0.2, -0.15) is 0 Å². The van der Waals surface area contributed by atoms with Crippen molar-refractivity contribution in [2.45, 2.75) is 27.0 Å². The zero-order valence-corrected chi connectivity index (χ0v) is 16.2. The molecule has 0 aliphatic carbocycles. The summed E-state index contributed by atoms with van der Waals surface area (Å²) >= 11 is 6.16. The second-order valence-corrected chi connectivity index (χ2v) is 6.41. The van der Waals surface area contributed by atoms with E-state index in [1.807, 2.05) is 50.2 Å². The van der Waals surface area contributed by atoms with E-state index in [0.717, 1.165) is 28.0 Å². The van der Waals surface area contributed by atoms with Crippen LogP contribution in [0.15, 0.2) is 36.4 Å². The van der Waals surface area contributed by atoms with Crippen molar-refractivity contribution in [3.8, 4) is 5.75 Å². The summed E-state index contributed by atoms with van der Waals surface area (Å²) < 4.78 is 5.97. The van der Waals surface area contributed by atoms with Crippen molar-refractivity contribution in [3.63, 3.8) is 0 Å². The summed E-state index contributed by atoms with van der Waals surface area (Å²) in [6.07, 6.45) is 0. The normalized spacial score (nSPS) is 10.4. The van der Waals surface area contributed by atoms with Gasteiger partial charge in [0, 0.05) is 17.1 Å². The first kappa shape index (κ1) is 21.3. The molecule has 136 valence electrons. The molecule has 0 saturated carbocycles. The summed E-state index contributed by atoms with van der Waals surface area (Å²) in [5, 5.41) is 9.54. The van der Waals surface area contributed by atoms with E-state index in [-0.39, 0.29) is 19.0 Å². The van der Waals surface area contributed by atoms with Gasteiger partial charge in [0.1, 0.15) is 12.4 Å². The third-order valence-corrected chi connectivity index (χ3v) is 4.08. The zero-order chi connectivity index (χ0) is 17.7. The lowest BCUT2D eigenvalue weighted by molar-refractivity contribution is -0.138. The number of nitrogens with zero attached hydrogens (tertiary/aromatic N) is 1. The zero-order valence-electron chi connectivity index (χ0n) is 14.6. The number of rotatable bonds is 7. The Hall–Kier alpha value is -1.75. The molecule has 2 aromatic carbocycles. The lowest BCUT2D eigenvalue weighted by atomic mass is 10.1. The minimum atomic E-state index is -0.828. The van der Waals surface area contributed by atoms with Gasteiger partial charge in [0.15, 0.2) is 0 Å². The maximum absolute atomic E-state index is 10.8. The number of hydrogen-bond donors (Lipinski definition) is 1. The summed E-state index contributed by atoms with van der Waals surface area (Å²) in [6.45, 7) is 5.01. The topological polar surface area (TPSA) is 49.8 Å². The average Bonchev–Trinajstić information content (AvgIpc) is 2.47. The van der Waals surface area contributed by atoms with Gasteiger partial charge < -0.3 is 9.84 Å². The second-order valence-electron chi connectivity index (χ2n) is 6.00. The van der Waals surface area contributed by atoms with Gasteiger partial charge in [-0.15, -0.1) is 12.4 Å². The van der Waals surface area contributed by atoms with Gasteiger partial charge in [0.05, 0.1) is 6.54 Å². The molecule has 0 radical (unpaired) electrons. The van der Waals surface area contributed by atoms with Crippen LogP contribution in [-0.4, -0.2) is 29.6 Å². The Balaban J connectivity index is 0.00000312. The van der Waals surface area contributed by atoms with Gasteiger partial charge in [0.25, 0.3) is 0 Å². The van der Waals surface area contributed by atoms with Gasteiger partial charge in [0.2, 0.25) is 0 Å². The van der Waals surface area contributed by atoms with E-state index in [1.165, 1.54) is 0 Å². The molecular formula is C19H23Cl2NO3. The summed E-state index contributed by atoms with van der Waals surface area (Å²) in [5.41, 5.74) is 4.07.